The number of halogens is 1. The van der Waals surface area contributed by atoms with Crippen LogP contribution in [0.5, 0.6) is 0 Å². The molecule has 0 aromatic heterocycles. The van der Waals surface area contributed by atoms with Crippen LogP contribution in [0.1, 0.15) is 6.92 Å². The smallest absolute Gasteiger partial charge is 0.246 e. The maximum atomic E-state index is 12.5. The summed E-state index contributed by atoms with van der Waals surface area (Å²) in [6.45, 7) is 1.76. The average Bonchev–Trinajstić information content (AvgIpc) is 2.55. The molecular weight excluding hydrogens is 314 g/mol. The maximum Gasteiger partial charge on any atom is 0.267 e. The average molecular weight is 326 g/mol. The molecule has 0 saturated heterocycles. The van der Waals surface area contributed by atoms with Gasteiger partial charge in [-0.25, -0.2) is 12.7 Å². The minimum atomic E-state index is -3.53. The third kappa shape index (κ3) is 2.57. The van der Waals surface area contributed by atoms with E-state index in [1.54, 1.807) is 55.6 Å². The van der Waals surface area contributed by atoms with E-state index in [-0.39, 0.29) is 4.90 Å². The van der Waals surface area contributed by atoms with Crippen molar-refractivity contribution in [2.45, 2.75) is 11.8 Å². The van der Waals surface area contributed by atoms with Gasteiger partial charge in [-0.2, -0.15) is 0 Å². The number of hydrogen-bond donors (Lipinski definition) is 0. The number of nitrogens with zero attached hydrogens (tertiary/aromatic N) is 1. The van der Waals surface area contributed by atoms with Crippen molar-refractivity contribution < 1.29 is 8.42 Å². The van der Waals surface area contributed by atoms with E-state index in [9.17, 15) is 8.42 Å². The van der Waals surface area contributed by atoms with Crippen LogP contribution in [-0.4, -0.2) is 12.7 Å². The number of sulfonamides is 1. The van der Waals surface area contributed by atoms with Gasteiger partial charge in [-0.05, 0) is 43.3 Å². The Bertz CT molecular complexity index is 627. The number of allylic oxidation sites excluding steroid dienone is 5. The van der Waals surface area contributed by atoms with E-state index in [1.165, 1.54) is 4.31 Å². The first kappa shape index (κ1) is 13.1. The molecule has 0 amide bonds. The van der Waals surface area contributed by atoms with Gasteiger partial charge in [0.25, 0.3) is 10.0 Å². The topological polar surface area (TPSA) is 37.4 Å². The van der Waals surface area contributed by atoms with Gasteiger partial charge < -0.3 is 0 Å². The van der Waals surface area contributed by atoms with Gasteiger partial charge in [-0.15, -0.1) is 0 Å². The lowest BCUT2D eigenvalue weighted by Crippen LogP contribution is -2.24. The summed E-state index contributed by atoms with van der Waals surface area (Å²) in [5, 5.41) is 0. The monoisotopic (exact) mass is 325 g/mol. The van der Waals surface area contributed by atoms with Crippen molar-refractivity contribution in [2.24, 2.45) is 0 Å². The molecule has 1 aromatic carbocycles. The molecule has 1 aliphatic heterocycles. The second-order valence-corrected chi connectivity index (χ2v) is 6.52. The van der Waals surface area contributed by atoms with Crippen LogP contribution in [0.4, 0.5) is 0 Å². The molecule has 2 rings (SSSR count). The number of rotatable bonds is 2. The van der Waals surface area contributed by atoms with Gasteiger partial charge in [0.2, 0.25) is 0 Å². The molecule has 0 fully saturated rings. The summed E-state index contributed by atoms with van der Waals surface area (Å²) >= 11 is 3.29. The highest BCUT2D eigenvalue weighted by Crippen LogP contribution is 2.23. The van der Waals surface area contributed by atoms with Gasteiger partial charge in [0.05, 0.1) is 4.90 Å². The van der Waals surface area contributed by atoms with E-state index in [2.05, 4.69) is 15.9 Å². The second kappa shape index (κ2) is 5.12. The lowest BCUT2D eigenvalue weighted by Gasteiger charge is -2.20. The molecule has 0 radical (unpaired) electrons. The SMILES string of the molecule is CC1=CC=CC=CN1S(=O)(=O)c1ccc(Br)cc1. The molecule has 0 atom stereocenters. The largest absolute Gasteiger partial charge is 0.267 e. The molecule has 94 valence electrons. The Labute approximate surface area is 115 Å². The molecule has 0 unspecified atom stereocenters. The summed E-state index contributed by atoms with van der Waals surface area (Å²) in [7, 11) is -3.53. The molecule has 0 N–H and O–H groups in total. The highest BCUT2D eigenvalue weighted by Gasteiger charge is 2.22. The summed E-state index contributed by atoms with van der Waals surface area (Å²) in [5.41, 5.74) is 0.655. The van der Waals surface area contributed by atoms with Crippen molar-refractivity contribution in [2.75, 3.05) is 0 Å². The van der Waals surface area contributed by atoms with Gasteiger partial charge in [-0.3, -0.25) is 0 Å². The molecule has 3 nitrogen and oxygen atoms in total. The molecule has 1 heterocycles. The molecule has 0 saturated carbocycles. The van der Waals surface area contributed by atoms with Gasteiger partial charge >= 0.3 is 0 Å². The summed E-state index contributed by atoms with van der Waals surface area (Å²) in [6.07, 6.45) is 8.61. The van der Waals surface area contributed by atoms with E-state index >= 15 is 0 Å². The fourth-order valence-corrected chi connectivity index (χ4v) is 3.21. The van der Waals surface area contributed by atoms with Gasteiger partial charge in [0.15, 0.2) is 0 Å². The van der Waals surface area contributed by atoms with E-state index in [0.717, 1.165) is 4.47 Å². The predicted molar refractivity (Wildman–Crippen MR) is 75.2 cm³/mol. The Morgan fingerprint density at radius 3 is 2.39 bits per heavy atom. The van der Waals surface area contributed by atoms with Crippen LogP contribution in [0.15, 0.2) is 69.8 Å². The lowest BCUT2D eigenvalue weighted by atomic mass is 10.4. The molecular formula is C13H12BrNO2S. The van der Waals surface area contributed by atoms with Crippen molar-refractivity contribution >= 4 is 26.0 Å². The number of hydrogen-bond acceptors (Lipinski definition) is 2. The molecule has 5 heteroatoms. The first-order valence-electron chi connectivity index (χ1n) is 5.33. The highest BCUT2D eigenvalue weighted by atomic mass is 79.9. The normalized spacial score (nSPS) is 15.4. The molecule has 0 bridgehead atoms. The van der Waals surface area contributed by atoms with E-state index in [4.69, 9.17) is 0 Å². The zero-order valence-corrected chi connectivity index (χ0v) is 12.1. The van der Waals surface area contributed by atoms with Gasteiger partial charge in [0, 0.05) is 16.4 Å². The van der Waals surface area contributed by atoms with Gasteiger partial charge in [0.1, 0.15) is 0 Å². The Balaban J connectivity index is 2.46. The molecule has 18 heavy (non-hydrogen) atoms. The van der Waals surface area contributed by atoms with Crippen LogP contribution in [-0.2, 0) is 10.0 Å². The van der Waals surface area contributed by atoms with Crippen LogP contribution in [0.25, 0.3) is 0 Å². The zero-order chi connectivity index (χ0) is 13.2. The first-order chi connectivity index (χ1) is 8.51. The predicted octanol–water partition coefficient (Wildman–Crippen LogP) is 3.43. The van der Waals surface area contributed by atoms with E-state index < -0.39 is 10.0 Å². The van der Waals surface area contributed by atoms with E-state index in [1.807, 2.05) is 6.08 Å². The summed E-state index contributed by atoms with van der Waals surface area (Å²) in [5.74, 6) is 0. The standard InChI is InChI=1S/C13H12BrNO2S/c1-11-5-3-2-4-10-15(11)18(16,17)13-8-6-12(14)7-9-13/h2-10H,1H3. The summed E-state index contributed by atoms with van der Waals surface area (Å²) in [6, 6.07) is 6.59. The Morgan fingerprint density at radius 2 is 1.72 bits per heavy atom. The van der Waals surface area contributed by atoms with Crippen LogP contribution in [0, 0.1) is 0 Å². The third-order valence-corrected chi connectivity index (χ3v) is 4.82. The Kier molecular flexibility index (Phi) is 3.73. The van der Waals surface area contributed by atoms with Crippen molar-refractivity contribution in [1.82, 2.24) is 4.31 Å². The van der Waals surface area contributed by atoms with Crippen LogP contribution in [0.2, 0.25) is 0 Å². The molecule has 0 aliphatic carbocycles. The van der Waals surface area contributed by atoms with Crippen LogP contribution in [0.3, 0.4) is 0 Å². The lowest BCUT2D eigenvalue weighted by molar-refractivity contribution is 0.541. The Hall–Kier alpha value is -1.33. The summed E-state index contributed by atoms with van der Waals surface area (Å²) in [4.78, 5) is 0.269. The maximum absolute atomic E-state index is 12.5. The molecule has 1 aliphatic rings. The van der Waals surface area contributed by atoms with Crippen LogP contribution >= 0.6 is 15.9 Å². The Morgan fingerprint density at radius 1 is 1.06 bits per heavy atom. The molecule has 1 aromatic rings. The third-order valence-electron chi connectivity index (χ3n) is 2.50. The summed E-state index contributed by atoms with van der Waals surface area (Å²) < 4.78 is 27.0. The highest BCUT2D eigenvalue weighted by molar-refractivity contribution is 9.10. The quantitative estimate of drug-likeness (QED) is 0.835. The number of benzene rings is 1. The van der Waals surface area contributed by atoms with E-state index in [0.29, 0.717) is 5.70 Å². The second-order valence-electron chi connectivity index (χ2n) is 3.79. The minimum absolute atomic E-state index is 0.269. The fourth-order valence-electron chi connectivity index (χ4n) is 1.57. The first-order valence-corrected chi connectivity index (χ1v) is 7.57. The van der Waals surface area contributed by atoms with Crippen LogP contribution < -0.4 is 0 Å². The minimum Gasteiger partial charge on any atom is -0.246 e. The zero-order valence-electron chi connectivity index (χ0n) is 9.75. The van der Waals surface area contributed by atoms with Gasteiger partial charge in [-0.1, -0.05) is 28.1 Å². The molecule has 0 spiro atoms. The van der Waals surface area contributed by atoms with Crippen molar-refractivity contribution in [1.29, 1.82) is 0 Å². The van der Waals surface area contributed by atoms with Crippen molar-refractivity contribution in [3.05, 3.63) is 64.9 Å². The van der Waals surface area contributed by atoms with Crippen molar-refractivity contribution in [3.8, 4) is 0 Å². The fraction of sp³-hybridized carbons (Fsp3) is 0.0769. The van der Waals surface area contributed by atoms with Crippen molar-refractivity contribution in [3.63, 3.8) is 0 Å².